The van der Waals surface area contributed by atoms with Gasteiger partial charge in [0.05, 0.1) is 9.75 Å². The summed E-state index contributed by atoms with van der Waals surface area (Å²) in [5.41, 5.74) is 0.457. The average molecular weight is 380 g/mol. The van der Waals surface area contributed by atoms with E-state index in [-0.39, 0.29) is 5.41 Å². The van der Waals surface area contributed by atoms with E-state index in [0.29, 0.717) is 18.6 Å². The molecule has 1 atom stereocenters. The van der Waals surface area contributed by atoms with Crippen molar-refractivity contribution in [2.75, 3.05) is 26.3 Å². The van der Waals surface area contributed by atoms with Crippen LogP contribution in [0.1, 0.15) is 70.6 Å². The Hall–Kier alpha value is -0.740. The molecule has 1 saturated heterocycles. The van der Waals surface area contributed by atoms with Gasteiger partial charge in [0.15, 0.2) is 11.5 Å². The molecule has 3 heterocycles. The lowest BCUT2D eigenvalue weighted by atomic mass is 9.73. The number of thiophene rings is 1. The van der Waals surface area contributed by atoms with E-state index in [1.165, 1.54) is 42.1 Å². The van der Waals surface area contributed by atoms with Gasteiger partial charge in [-0.05, 0) is 56.0 Å². The molecule has 3 rings (SSSR count). The molecule has 2 aliphatic rings. The summed E-state index contributed by atoms with van der Waals surface area (Å²) in [5.74, 6) is 3.62. The van der Waals surface area contributed by atoms with Crippen LogP contribution in [0.4, 0.5) is 0 Å². The van der Waals surface area contributed by atoms with Gasteiger partial charge >= 0.3 is 0 Å². The molecule has 2 aliphatic heterocycles. The largest absolute Gasteiger partial charge is 0.485 e. The van der Waals surface area contributed by atoms with E-state index in [9.17, 15) is 0 Å². The van der Waals surface area contributed by atoms with Crippen LogP contribution in [0.3, 0.4) is 0 Å². The summed E-state index contributed by atoms with van der Waals surface area (Å²) >= 11 is 1.93. The fraction of sp³-hybridized carbons (Fsp3) is 0.818. The van der Waals surface area contributed by atoms with E-state index < -0.39 is 0 Å². The van der Waals surface area contributed by atoms with Gasteiger partial charge in [0.25, 0.3) is 0 Å². The van der Waals surface area contributed by atoms with E-state index >= 15 is 0 Å². The van der Waals surface area contributed by atoms with Crippen molar-refractivity contribution in [1.82, 2.24) is 5.32 Å². The van der Waals surface area contributed by atoms with Crippen LogP contribution in [-0.2, 0) is 11.8 Å². The number of fused-ring (bicyclic) bond motifs is 1. The third-order valence-electron chi connectivity index (χ3n) is 5.52. The topological polar surface area (TPSA) is 30.5 Å². The number of ether oxygens (including phenoxy) is 2. The van der Waals surface area contributed by atoms with Crippen molar-refractivity contribution in [2.24, 2.45) is 17.3 Å². The number of piperidine rings is 1. The van der Waals surface area contributed by atoms with Crippen LogP contribution in [0.15, 0.2) is 0 Å². The molecule has 148 valence electrons. The van der Waals surface area contributed by atoms with Gasteiger partial charge in [0.1, 0.15) is 13.2 Å². The van der Waals surface area contributed by atoms with E-state index in [1.807, 2.05) is 11.3 Å². The highest BCUT2D eigenvalue weighted by Crippen LogP contribution is 2.50. The van der Waals surface area contributed by atoms with Crippen molar-refractivity contribution in [3.05, 3.63) is 9.75 Å². The molecule has 1 aromatic heterocycles. The highest BCUT2D eigenvalue weighted by Gasteiger charge is 2.34. The Bertz CT molecular complexity index is 603. The monoisotopic (exact) mass is 379 g/mol. The molecule has 1 fully saturated rings. The molecular formula is C22H37NO2S. The number of hydrogen-bond acceptors (Lipinski definition) is 4. The minimum absolute atomic E-state index is 0.0992. The average Bonchev–Trinajstić information content (AvgIpc) is 2.93. The predicted octanol–water partition coefficient (Wildman–Crippen LogP) is 5.41. The van der Waals surface area contributed by atoms with Crippen LogP contribution in [0, 0.1) is 17.3 Å². The van der Waals surface area contributed by atoms with Gasteiger partial charge in [-0.2, -0.15) is 0 Å². The highest BCUT2D eigenvalue weighted by molar-refractivity contribution is 7.13. The quantitative estimate of drug-likeness (QED) is 0.758. The molecule has 0 bridgehead atoms. The van der Waals surface area contributed by atoms with Gasteiger partial charge in [-0.1, -0.05) is 41.5 Å². The van der Waals surface area contributed by atoms with Crippen molar-refractivity contribution in [3.63, 3.8) is 0 Å². The maximum Gasteiger partial charge on any atom is 0.176 e. The standard InChI is InChI=1S/C22H37NO2S/c1-21(2,3)14-16(15-7-9-23-10-8-15)13-17-18-19(25-12-11-24-18)20(26-17)22(4,5)6/h15-16,23H,7-14H2,1-6H3. The first kappa shape index (κ1) is 20.0. The van der Waals surface area contributed by atoms with E-state index in [2.05, 4.69) is 46.9 Å². The van der Waals surface area contributed by atoms with Gasteiger partial charge in [0, 0.05) is 5.41 Å². The number of rotatable bonds is 4. The lowest BCUT2D eigenvalue weighted by Gasteiger charge is -2.35. The van der Waals surface area contributed by atoms with Gasteiger partial charge in [-0.3, -0.25) is 0 Å². The summed E-state index contributed by atoms with van der Waals surface area (Å²) in [6.07, 6.45) is 5.01. The first-order chi connectivity index (χ1) is 12.1. The van der Waals surface area contributed by atoms with Gasteiger partial charge in [-0.15, -0.1) is 11.3 Å². The van der Waals surface area contributed by atoms with Crippen LogP contribution >= 0.6 is 11.3 Å². The third-order valence-corrected chi connectivity index (χ3v) is 7.12. The zero-order valence-electron chi connectivity index (χ0n) is 17.5. The van der Waals surface area contributed by atoms with Crippen molar-refractivity contribution in [2.45, 2.75) is 72.6 Å². The SMILES string of the molecule is CC(C)(C)CC(Cc1sc(C(C)(C)C)c2c1OCCO2)C1CCNCC1. The van der Waals surface area contributed by atoms with Crippen LogP contribution in [-0.4, -0.2) is 26.3 Å². The Labute approximate surface area is 163 Å². The van der Waals surface area contributed by atoms with Crippen LogP contribution in [0.25, 0.3) is 0 Å². The second kappa shape index (κ2) is 7.71. The molecule has 0 spiro atoms. The molecule has 1 unspecified atom stereocenters. The molecule has 1 N–H and O–H groups in total. The van der Waals surface area contributed by atoms with E-state index in [0.717, 1.165) is 29.8 Å². The van der Waals surface area contributed by atoms with Gasteiger partial charge < -0.3 is 14.8 Å². The fourth-order valence-electron chi connectivity index (χ4n) is 4.38. The molecular weight excluding hydrogens is 342 g/mol. The molecule has 1 aromatic rings. The van der Waals surface area contributed by atoms with Crippen molar-refractivity contribution >= 4 is 11.3 Å². The molecule has 0 aliphatic carbocycles. The summed E-state index contributed by atoms with van der Waals surface area (Å²) in [6, 6.07) is 0. The molecule has 26 heavy (non-hydrogen) atoms. The third kappa shape index (κ3) is 4.75. The summed E-state index contributed by atoms with van der Waals surface area (Å²) in [6.45, 7) is 17.7. The lowest BCUT2D eigenvalue weighted by molar-refractivity contribution is 0.164. The number of hydrogen-bond donors (Lipinski definition) is 1. The Balaban J connectivity index is 1.89. The zero-order chi connectivity index (χ0) is 18.9. The van der Waals surface area contributed by atoms with Crippen LogP contribution < -0.4 is 14.8 Å². The van der Waals surface area contributed by atoms with Crippen LogP contribution in [0.5, 0.6) is 11.5 Å². The maximum absolute atomic E-state index is 6.12. The summed E-state index contributed by atoms with van der Waals surface area (Å²) in [5, 5.41) is 3.53. The second-order valence-electron chi connectivity index (χ2n) is 10.3. The van der Waals surface area contributed by atoms with Crippen molar-refractivity contribution in [1.29, 1.82) is 0 Å². The summed E-state index contributed by atoms with van der Waals surface area (Å²) in [4.78, 5) is 2.76. The normalized spacial score (nSPS) is 20.2. The number of nitrogens with one attached hydrogen (secondary N) is 1. The van der Waals surface area contributed by atoms with Gasteiger partial charge in [-0.25, -0.2) is 0 Å². The Kier molecular flexibility index (Phi) is 5.93. The second-order valence-corrected chi connectivity index (χ2v) is 11.4. The fourth-order valence-corrected chi connectivity index (χ4v) is 5.72. The van der Waals surface area contributed by atoms with E-state index in [1.54, 1.807) is 0 Å². The Morgan fingerprint density at radius 3 is 2.19 bits per heavy atom. The minimum atomic E-state index is 0.0992. The molecule has 0 amide bonds. The van der Waals surface area contributed by atoms with Crippen molar-refractivity contribution in [3.8, 4) is 11.5 Å². The molecule has 0 saturated carbocycles. The Morgan fingerprint density at radius 2 is 1.62 bits per heavy atom. The molecule has 0 aromatic carbocycles. The zero-order valence-corrected chi connectivity index (χ0v) is 18.4. The minimum Gasteiger partial charge on any atom is -0.485 e. The summed E-state index contributed by atoms with van der Waals surface area (Å²) < 4.78 is 12.2. The first-order valence-electron chi connectivity index (χ1n) is 10.3. The maximum atomic E-state index is 6.12. The van der Waals surface area contributed by atoms with Gasteiger partial charge in [0.2, 0.25) is 0 Å². The molecule has 3 nitrogen and oxygen atoms in total. The van der Waals surface area contributed by atoms with Crippen LogP contribution in [0.2, 0.25) is 0 Å². The highest BCUT2D eigenvalue weighted by atomic mass is 32.1. The summed E-state index contributed by atoms with van der Waals surface area (Å²) in [7, 11) is 0. The van der Waals surface area contributed by atoms with Crippen molar-refractivity contribution < 1.29 is 9.47 Å². The molecule has 4 heteroatoms. The Morgan fingerprint density at radius 1 is 1.00 bits per heavy atom. The van der Waals surface area contributed by atoms with E-state index in [4.69, 9.17) is 9.47 Å². The lowest BCUT2D eigenvalue weighted by Crippen LogP contribution is -2.34. The first-order valence-corrected chi connectivity index (χ1v) is 11.1. The molecule has 0 radical (unpaired) electrons. The smallest absolute Gasteiger partial charge is 0.176 e. The predicted molar refractivity (Wildman–Crippen MR) is 111 cm³/mol.